The molecule has 0 atom stereocenters. The monoisotopic (exact) mass is 324 g/mol. The number of rotatable bonds is 4. The smallest absolute Gasteiger partial charge is 0.119 e. The highest BCUT2D eigenvalue weighted by molar-refractivity contribution is 9.10. The molecule has 94 valence electrons. The third-order valence-corrected chi connectivity index (χ3v) is 4.19. The lowest BCUT2D eigenvalue weighted by atomic mass is 10.2. The van der Waals surface area contributed by atoms with Gasteiger partial charge < -0.3 is 9.84 Å². The summed E-state index contributed by atoms with van der Waals surface area (Å²) in [4.78, 5) is 2.24. The second-order valence-corrected chi connectivity index (χ2v) is 5.69. The van der Waals surface area contributed by atoms with E-state index in [4.69, 9.17) is 9.84 Å². The summed E-state index contributed by atoms with van der Waals surface area (Å²) in [6.45, 7) is 0.0463. The summed E-state index contributed by atoms with van der Waals surface area (Å²) in [5.41, 5.74) is 0.894. The van der Waals surface area contributed by atoms with Crippen LogP contribution in [0.3, 0.4) is 0 Å². The Morgan fingerprint density at radius 1 is 1.17 bits per heavy atom. The normalized spacial score (nSPS) is 10.4. The fraction of sp³-hybridized carbons (Fsp3) is 0.143. The van der Waals surface area contributed by atoms with Crippen LogP contribution in [0.4, 0.5) is 0 Å². The number of aliphatic hydroxyl groups excluding tert-OH is 1. The quantitative estimate of drug-likeness (QED) is 0.918. The van der Waals surface area contributed by atoms with E-state index in [0.717, 1.165) is 25.6 Å². The van der Waals surface area contributed by atoms with Crippen LogP contribution in [0, 0.1) is 0 Å². The number of halogens is 1. The van der Waals surface area contributed by atoms with Crippen LogP contribution < -0.4 is 4.74 Å². The topological polar surface area (TPSA) is 29.5 Å². The lowest BCUT2D eigenvalue weighted by Crippen LogP contribution is -1.85. The van der Waals surface area contributed by atoms with Crippen molar-refractivity contribution in [2.45, 2.75) is 16.4 Å². The highest BCUT2D eigenvalue weighted by Gasteiger charge is 2.03. The molecule has 2 aromatic carbocycles. The zero-order chi connectivity index (χ0) is 13.0. The van der Waals surface area contributed by atoms with E-state index in [1.807, 2.05) is 42.5 Å². The van der Waals surface area contributed by atoms with Crippen LogP contribution >= 0.6 is 27.7 Å². The minimum absolute atomic E-state index is 0.0463. The van der Waals surface area contributed by atoms with Crippen LogP contribution in [0.1, 0.15) is 5.56 Å². The average Bonchev–Trinajstić information content (AvgIpc) is 2.39. The van der Waals surface area contributed by atoms with Gasteiger partial charge in [0.15, 0.2) is 0 Å². The minimum atomic E-state index is 0.0463. The van der Waals surface area contributed by atoms with E-state index in [-0.39, 0.29) is 6.61 Å². The number of ether oxygens (including phenoxy) is 1. The van der Waals surface area contributed by atoms with Crippen LogP contribution in [-0.4, -0.2) is 12.2 Å². The van der Waals surface area contributed by atoms with Crippen molar-refractivity contribution < 1.29 is 9.84 Å². The first-order chi connectivity index (χ1) is 8.72. The maximum Gasteiger partial charge on any atom is 0.119 e. The van der Waals surface area contributed by atoms with Gasteiger partial charge in [-0.15, -0.1) is 0 Å². The van der Waals surface area contributed by atoms with Crippen LogP contribution in [-0.2, 0) is 6.61 Å². The van der Waals surface area contributed by atoms with E-state index in [2.05, 4.69) is 15.9 Å². The third kappa shape index (κ3) is 3.28. The van der Waals surface area contributed by atoms with Crippen LogP contribution in [0.5, 0.6) is 5.75 Å². The maximum atomic E-state index is 9.11. The van der Waals surface area contributed by atoms with Gasteiger partial charge in [0, 0.05) is 14.3 Å². The summed E-state index contributed by atoms with van der Waals surface area (Å²) in [5.74, 6) is 0.853. The summed E-state index contributed by atoms with van der Waals surface area (Å²) in [7, 11) is 1.66. The predicted octanol–water partition coefficient (Wildman–Crippen LogP) is 4.10. The number of hydrogen-bond acceptors (Lipinski definition) is 3. The van der Waals surface area contributed by atoms with Crippen LogP contribution in [0.2, 0.25) is 0 Å². The Morgan fingerprint density at radius 3 is 2.61 bits per heavy atom. The lowest BCUT2D eigenvalue weighted by molar-refractivity contribution is 0.281. The number of methoxy groups -OCH3 is 1. The van der Waals surface area contributed by atoms with Crippen LogP contribution in [0.25, 0.3) is 0 Å². The molecule has 1 N–H and O–H groups in total. The van der Waals surface area contributed by atoms with Crippen molar-refractivity contribution in [1.29, 1.82) is 0 Å². The molecule has 0 spiro atoms. The van der Waals surface area contributed by atoms with Gasteiger partial charge in [-0.05, 0) is 35.9 Å². The molecule has 2 nitrogen and oxygen atoms in total. The van der Waals surface area contributed by atoms with Crippen molar-refractivity contribution in [1.82, 2.24) is 0 Å². The van der Waals surface area contributed by atoms with Crippen molar-refractivity contribution in [2.24, 2.45) is 0 Å². The molecule has 0 aromatic heterocycles. The summed E-state index contributed by atoms with van der Waals surface area (Å²) >= 11 is 5.11. The molecule has 0 bridgehead atoms. The zero-order valence-corrected chi connectivity index (χ0v) is 12.3. The summed E-state index contributed by atoms with van der Waals surface area (Å²) in [6.07, 6.45) is 0. The summed E-state index contributed by atoms with van der Waals surface area (Å²) in [5, 5.41) is 9.11. The average molecular weight is 325 g/mol. The Hall–Kier alpha value is -0.970. The highest BCUT2D eigenvalue weighted by Crippen LogP contribution is 2.32. The molecule has 2 rings (SSSR count). The second kappa shape index (κ2) is 6.27. The Balaban J connectivity index is 2.20. The molecule has 0 aliphatic carbocycles. The molecular formula is C14H13BrO2S. The molecule has 4 heteroatoms. The number of benzene rings is 2. The van der Waals surface area contributed by atoms with Gasteiger partial charge in [0.05, 0.1) is 13.7 Å². The van der Waals surface area contributed by atoms with Gasteiger partial charge in [-0.2, -0.15) is 0 Å². The lowest BCUT2D eigenvalue weighted by Gasteiger charge is -2.06. The van der Waals surface area contributed by atoms with Crippen molar-refractivity contribution >= 4 is 27.7 Å². The molecule has 0 aliphatic heterocycles. The van der Waals surface area contributed by atoms with Gasteiger partial charge in [0.1, 0.15) is 5.75 Å². The van der Waals surface area contributed by atoms with E-state index < -0.39 is 0 Å². The van der Waals surface area contributed by atoms with Crippen LogP contribution in [0.15, 0.2) is 56.7 Å². The third-order valence-electron chi connectivity index (χ3n) is 2.47. The standard InChI is InChI=1S/C14H13BrO2S/c1-17-11-3-2-4-12(7-11)18-13-6-5-10(9-16)14(15)8-13/h2-8,16H,9H2,1H3. The first-order valence-corrected chi connectivity index (χ1v) is 7.05. The van der Waals surface area contributed by atoms with E-state index in [0.29, 0.717) is 0 Å². The minimum Gasteiger partial charge on any atom is -0.497 e. The van der Waals surface area contributed by atoms with Crippen molar-refractivity contribution in [3.05, 3.63) is 52.5 Å². The molecular weight excluding hydrogens is 312 g/mol. The van der Waals surface area contributed by atoms with Gasteiger partial charge in [-0.25, -0.2) is 0 Å². The maximum absolute atomic E-state index is 9.11. The Labute approximate surface area is 119 Å². The van der Waals surface area contributed by atoms with E-state index in [1.54, 1.807) is 18.9 Å². The molecule has 0 saturated carbocycles. The second-order valence-electron chi connectivity index (χ2n) is 3.69. The van der Waals surface area contributed by atoms with E-state index >= 15 is 0 Å². The first kappa shape index (κ1) is 13.5. The number of aliphatic hydroxyl groups is 1. The van der Waals surface area contributed by atoms with Gasteiger partial charge in [0.25, 0.3) is 0 Å². The largest absolute Gasteiger partial charge is 0.497 e. The van der Waals surface area contributed by atoms with Gasteiger partial charge in [-0.3, -0.25) is 0 Å². The van der Waals surface area contributed by atoms with Gasteiger partial charge in [-0.1, -0.05) is 39.8 Å². The van der Waals surface area contributed by atoms with Gasteiger partial charge in [0.2, 0.25) is 0 Å². The first-order valence-electron chi connectivity index (χ1n) is 5.44. The highest BCUT2D eigenvalue weighted by atomic mass is 79.9. The molecule has 0 radical (unpaired) electrons. The molecule has 2 aromatic rings. The van der Waals surface area contributed by atoms with Gasteiger partial charge >= 0.3 is 0 Å². The SMILES string of the molecule is COc1cccc(Sc2ccc(CO)c(Br)c2)c1. The van der Waals surface area contributed by atoms with Crippen molar-refractivity contribution in [3.8, 4) is 5.75 Å². The molecule has 0 fully saturated rings. The Kier molecular flexibility index (Phi) is 4.69. The van der Waals surface area contributed by atoms with E-state index in [9.17, 15) is 0 Å². The molecule has 0 unspecified atom stereocenters. The fourth-order valence-corrected chi connectivity index (χ4v) is 3.08. The Morgan fingerprint density at radius 2 is 1.94 bits per heavy atom. The predicted molar refractivity (Wildman–Crippen MR) is 77.2 cm³/mol. The molecule has 0 aliphatic rings. The molecule has 18 heavy (non-hydrogen) atoms. The zero-order valence-electron chi connectivity index (χ0n) is 9.89. The molecule has 0 heterocycles. The van der Waals surface area contributed by atoms with Crippen molar-refractivity contribution in [3.63, 3.8) is 0 Å². The fourth-order valence-electron chi connectivity index (χ4n) is 1.52. The molecule has 0 amide bonds. The van der Waals surface area contributed by atoms with E-state index in [1.165, 1.54) is 0 Å². The Bertz CT molecular complexity index is 543. The summed E-state index contributed by atoms with van der Waals surface area (Å²) in [6, 6.07) is 13.9. The van der Waals surface area contributed by atoms with Crippen molar-refractivity contribution in [2.75, 3.05) is 7.11 Å². The summed E-state index contributed by atoms with van der Waals surface area (Å²) < 4.78 is 6.13. The molecule has 0 saturated heterocycles. The number of hydrogen-bond donors (Lipinski definition) is 1.